The molecule has 0 fully saturated rings. The quantitative estimate of drug-likeness (QED) is 0.427. The average Bonchev–Trinajstić information content (AvgIpc) is 3.16. The topological polar surface area (TPSA) is 68.7 Å². The number of hydrogen-bond donors (Lipinski definition) is 0. The van der Waals surface area contributed by atoms with Gasteiger partial charge in [-0.05, 0) is 36.8 Å². The first-order valence-electron chi connectivity index (χ1n) is 9.71. The van der Waals surface area contributed by atoms with Crippen LogP contribution in [0.5, 0.6) is 5.75 Å². The van der Waals surface area contributed by atoms with Crippen molar-refractivity contribution >= 4 is 34.8 Å². The summed E-state index contributed by atoms with van der Waals surface area (Å²) in [5.74, 6) is 0.151. The third kappa shape index (κ3) is 6.54. The van der Waals surface area contributed by atoms with Crippen LogP contribution in [0.1, 0.15) is 32.4 Å². The van der Waals surface area contributed by atoms with Crippen LogP contribution in [0.3, 0.4) is 0 Å². The molecule has 0 unspecified atom stereocenters. The number of benzene rings is 2. The number of nitrogens with zero attached hydrogens (tertiary/aromatic N) is 2. The molecule has 1 heterocycles. The van der Waals surface area contributed by atoms with Gasteiger partial charge < -0.3 is 14.4 Å². The Morgan fingerprint density at radius 3 is 2.48 bits per heavy atom. The van der Waals surface area contributed by atoms with E-state index in [1.807, 2.05) is 30.3 Å². The van der Waals surface area contributed by atoms with Crippen LogP contribution >= 0.6 is 22.9 Å². The summed E-state index contributed by atoms with van der Waals surface area (Å²) in [4.78, 5) is 31.6. The van der Waals surface area contributed by atoms with E-state index in [0.29, 0.717) is 32.9 Å². The van der Waals surface area contributed by atoms with Gasteiger partial charge in [-0.3, -0.25) is 9.59 Å². The van der Waals surface area contributed by atoms with E-state index in [2.05, 4.69) is 4.98 Å². The molecule has 1 aromatic heterocycles. The number of esters is 1. The molecule has 0 aliphatic rings. The van der Waals surface area contributed by atoms with E-state index in [1.165, 1.54) is 18.4 Å². The van der Waals surface area contributed by atoms with Gasteiger partial charge in [0.15, 0.2) is 0 Å². The van der Waals surface area contributed by atoms with Gasteiger partial charge in [0.1, 0.15) is 22.2 Å². The zero-order valence-electron chi connectivity index (χ0n) is 17.3. The number of halogens is 1. The maximum atomic E-state index is 13.3. The van der Waals surface area contributed by atoms with Crippen LogP contribution in [0.15, 0.2) is 54.6 Å². The van der Waals surface area contributed by atoms with E-state index < -0.39 is 0 Å². The third-order valence-electron chi connectivity index (χ3n) is 4.53. The van der Waals surface area contributed by atoms with Crippen molar-refractivity contribution in [2.75, 3.05) is 13.7 Å². The van der Waals surface area contributed by atoms with Crippen LogP contribution in [-0.4, -0.2) is 35.4 Å². The van der Waals surface area contributed by atoms with Crippen molar-refractivity contribution in [3.63, 3.8) is 0 Å². The van der Waals surface area contributed by atoms with Crippen LogP contribution < -0.4 is 4.74 Å². The molecular weight excluding hydrogens is 436 g/mol. The highest BCUT2D eigenvalue weighted by molar-refractivity contribution is 7.13. The number of aromatic nitrogens is 1. The second-order valence-electron chi connectivity index (χ2n) is 6.80. The number of carbonyl (C=O) groups is 2. The molecule has 1 amide bonds. The summed E-state index contributed by atoms with van der Waals surface area (Å²) < 4.78 is 10.5. The van der Waals surface area contributed by atoms with Gasteiger partial charge in [-0.25, -0.2) is 4.98 Å². The van der Waals surface area contributed by atoms with E-state index in [1.54, 1.807) is 36.1 Å². The summed E-state index contributed by atoms with van der Waals surface area (Å²) >= 11 is 7.19. The van der Waals surface area contributed by atoms with E-state index in [9.17, 15) is 9.59 Å². The minimum absolute atomic E-state index is 0.124. The highest BCUT2D eigenvalue weighted by atomic mass is 35.5. The second kappa shape index (κ2) is 10.9. The van der Waals surface area contributed by atoms with Crippen LogP contribution in [0.4, 0.5) is 0 Å². The van der Waals surface area contributed by atoms with Crippen molar-refractivity contribution < 1.29 is 19.1 Å². The first-order chi connectivity index (χ1) is 15.0. The first-order valence-corrected chi connectivity index (χ1v) is 10.9. The molecule has 3 aromatic rings. The molecule has 162 valence electrons. The lowest BCUT2D eigenvalue weighted by molar-refractivity contribution is -0.140. The van der Waals surface area contributed by atoms with E-state index >= 15 is 0 Å². The van der Waals surface area contributed by atoms with E-state index in [4.69, 9.17) is 21.1 Å². The van der Waals surface area contributed by atoms with Crippen molar-refractivity contribution in [1.82, 2.24) is 9.88 Å². The lowest BCUT2D eigenvalue weighted by atomic mass is 10.2. The van der Waals surface area contributed by atoms with Crippen molar-refractivity contribution in [2.24, 2.45) is 0 Å². The molecule has 0 radical (unpaired) electrons. The molecule has 0 bridgehead atoms. The number of amides is 1. The summed E-state index contributed by atoms with van der Waals surface area (Å²) in [6, 6.07) is 16.7. The Morgan fingerprint density at radius 1 is 1.10 bits per heavy atom. The van der Waals surface area contributed by atoms with E-state index in [-0.39, 0.29) is 31.4 Å². The van der Waals surface area contributed by atoms with Gasteiger partial charge in [0.2, 0.25) is 0 Å². The number of ether oxygens (including phenoxy) is 2. The molecule has 0 aliphatic heterocycles. The Morgan fingerprint density at radius 2 is 1.81 bits per heavy atom. The normalized spacial score (nSPS) is 10.5. The standard InChI is InChI=1S/C23H23ClN2O4S/c1-16-22(31-20(25-16)15-30-19-10-8-18(24)9-11-19)23(28)26(13-12-21(27)29-2)14-17-6-4-3-5-7-17/h3-11H,12-15H2,1-2H3. The average molecular weight is 459 g/mol. The van der Waals surface area contributed by atoms with E-state index in [0.717, 1.165) is 5.56 Å². The van der Waals surface area contributed by atoms with Crippen molar-refractivity contribution in [2.45, 2.75) is 26.5 Å². The Bertz CT molecular complexity index is 1020. The van der Waals surface area contributed by atoms with Crippen LogP contribution in [0.25, 0.3) is 0 Å². The summed E-state index contributed by atoms with van der Waals surface area (Å²) in [5.41, 5.74) is 1.62. The number of methoxy groups -OCH3 is 1. The van der Waals surface area contributed by atoms with Gasteiger partial charge >= 0.3 is 5.97 Å². The fourth-order valence-corrected chi connectivity index (χ4v) is 3.99. The predicted molar refractivity (Wildman–Crippen MR) is 120 cm³/mol. The monoisotopic (exact) mass is 458 g/mol. The minimum atomic E-state index is -0.357. The summed E-state index contributed by atoms with van der Waals surface area (Å²) in [6.07, 6.45) is 0.124. The lowest BCUT2D eigenvalue weighted by Gasteiger charge is -2.22. The maximum absolute atomic E-state index is 13.3. The molecule has 0 saturated heterocycles. The SMILES string of the molecule is COC(=O)CCN(Cc1ccccc1)C(=O)c1sc(COc2ccc(Cl)cc2)nc1C. The largest absolute Gasteiger partial charge is 0.486 e. The first kappa shape index (κ1) is 22.8. The Labute approximate surface area is 190 Å². The second-order valence-corrected chi connectivity index (χ2v) is 8.32. The number of rotatable bonds is 9. The number of carbonyl (C=O) groups excluding carboxylic acids is 2. The fraction of sp³-hybridized carbons (Fsp3) is 0.261. The Kier molecular flexibility index (Phi) is 8.03. The zero-order valence-corrected chi connectivity index (χ0v) is 18.9. The third-order valence-corrected chi connectivity index (χ3v) is 5.90. The molecule has 3 rings (SSSR count). The summed E-state index contributed by atoms with van der Waals surface area (Å²) in [6.45, 7) is 2.71. The molecule has 0 N–H and O–H groups in total. The van der Waals surface area contributed by atoms with Gasteiger partial charge in [0.05, 0.1) is 19.2 Å². The summed E-state index contributed by atoms with van der Waals surface area (Å²) in [7, 11) is 1.34. The van der Waals surface area contributed by atoms with Crippen LogP contribution in [0.2, 0.25) is 5.02 Å². The Balaban J connectivity index is 1.73. The maximum Gasteiger partial charge on any atom is 0.307 e. The molecule has 0 spiro atoms. The molecule has 2 aromatic carbocycles. The van der Waals surface area contributed by atoms with Crippen molar-refractivity contribution in [3.05, 3.63) is 80.8 Å². The molecule has 0 atom stereocenters. The molecule has 31 heavy (non-hydrogen) atoms. The fourth-order valence-electron chi connectivity index (χ4n) is 2.92. The summed E-state index contributed by atoms with van der Waals surface area (Å²) in [5, 5.41) is 1.33. The minimum Gasteiger partial charge on any atom is -0.486 e. The molecule has 8 heteroatoms. The lowest BCUT2D eigenvalue weighted by Crippen LogP contribution is -2.32. The highest BCUT2D eigenvalue weighted by Gasteiger charge is 2.23. The molecule has 6 nitrogen and oxygen atoms in total. The van der Waals surface area contributed by atoms with Gasteiger partial charge in [-0.2, -0.15) is 0 Å². The number of aryl methyl sites for hydroxylation is 1. The smallest absolute Gasteiger partial charge is 0.307 e. The van der Waals surface area contributed by atoms with Crippen LogP contribution in [0, 0.1) is 6.92 Å². The van der Waals surface area contributed by atoms with Gasteiger partial charge in [-0.1, -0.05) is 41.9 Å². The van der Waals surface area contributed by atoms with Gasteiger partial charge in [0, 0.05) is 18.1 Å². The van der Waals surface area contributed by atoms with Crippen molar-refractivity contribution in [3.8, 4) is 5.75 Å². The molecule has 0 saturated carbocycles. The van der Waals surface area contributed by atoms with Crippen molar-refractivity contribution in [1.29, 1.82) is 0 Å². The Hall–Kier alpha value is -2.90. The highest BCUT2D eigenvalue weighted by Crippen LogP contribution is 2.23. The van der Waals surface area contributed by atoms with Crippen LogP contribution in [-0.2, 0) is 22.7 Å². The zero-order chi connectivity index (χ0) is 22.2. The van der Waals surface area contributed by atoms with Gasteiger partial charge in [0.25, 0.3) is 5.91 Å². The van der Waals surface area contributed by atoms with Gasteiger partial charge in [-0.15, -0.1) is 11.3 Å². The molecule has 0 aliphatic carbocycles. The number of hydrogen-bond acceptors (Lipinski definition) is 6. The number of thiazole rings is 1. The predicted octanol–water partition coefficient (Wildman–Crippen LogP) is 4.89. The molecular formula is C23H23ClN2O4S.